The van der Waals surface area contributed by atoms with Gasteiger partial charge in [0.05, 0.1) is 6.10 Å². The maximum absolute atomic E-state index is 13.8. The molecule has 1 aliphatic rings. The van der Waals surface area contributed by atoms with Gasteiger partial charge in [-0.15, -0.1) is 0 Å². The minimum Gasteiger partial charge on any atom is -0.318 e. The van der Waals surface area contributed by atoms with Crippen LogP contribution in [0.3, 0.4) is 0 Å². The minimum atomic E-state index is -3.03. The molecule has 3 rings (SSSR count). The lowest BCUT2D eigenvalue weighted by Crippen LogP contribution is -2.31. The lowest BCUT2D eigenvalue weighted by atomic mass is 9.98. The van der Waals surface area contributed by atoms with Crippen LogP contribution in [0.25, 0.3) is 0 Å². The van der Waals surface area contributed by atoms with E-state index in [0.717, 1.165) is 29.9 Å². The van der Waals surface area contributed by atoms with Crippen molar-refractivity contribution in [1.82, 2.24) is 0 Å². The Labute approximate surface area is 145 Å². The number of hydrogen-bond acceptors (Lipinski definition) is 2. The van der Waals surface area contributed by atoms with E-state index in [1.165, 1.54) is 6.42 Å². The van der Waals surface area contributed by atoms with Crippen molar-refractivity contribution in [3.8, 4) is 0 Å². The zero-order valence-corrected chi connectivity index (χ0v) is 15.5. The summed E-state index contributed by atoms with van der Waals surface area (Å²) >= 11 is 2.45. The third-order valence-corrected chi connectivity index (χ3v) is 8.05. The first-order valence-electron chi connectivity index (χ1n) is 7.74. The third kappa shape index (κ3) is 3.47. The monoisotopic (exact) mass is 426 g/mol. The molecule has 1 aliphatic carbocycles. The largest absolute Gasteiger partial charge is 0.318 e. The highest BCUT2D eigenvalue weighted by atomic mass is 127. The molecule has 2 aromatic rings. The summed E-state index contributed by atoms with van der Waals surface area (Å²) in [6.45, 7) is 0. The summed E-state index contributed by atoms with van der Waals surface area (Å²) in [6.07, 6.45) is 4.62. The van der Waals surface area contributed by atoms with Gasteiger partial charge in [-0.2, -0.15) is 0 Å². The molecule has 116 valence electrons. The van der Waals surface area contributed by atoms with Gasteiger partial charge in [-0.3, -0.25) is 4.57 Å². The van der Waals surface area contributed by atoms with E-state index in [1.807, 2.05) is 60.7 Å². The molecule has 2 nitrogen and oxygen atoms in total. The average molecular weight is 426 g/mol. The van der Waals surface area contributed by atoms with E-state index in [1.54, 1.807) is 0 Å². The Morgan fingerprint density at radius 3 is 1.86 bits per heavy atom. The fourth-order valence-corrected chi connectivity index (χ4v) is 6.36. The van der Waals surface area contributed by atoms with Gasteiger partial charge < -0.3 is 4.52 Å². The predicted molar refractivity (Wildman–Crippen MR) is 101 cm³/mol. The fourth-order valence-electron chi connectivity index (χ4n) is 2.88. The fraction of sp³-hybridized carbons (Fsp3) is 0.333. The van der Waals surface area contributed by atoms with Gasteiger partial charge in [0.1, 0.15) is 0 Å². The van der Waals surface area contributed by atoms with Crippen LogP contribution in [-0.2, 0) is 9.09 Å². The van der Waals surface area contributed by atoms with Crippen molar-refractivity contribution < 1.29 is 9.09 Å². The Hall–Kier alpha value is -0.640. The first-order chi connectivity index (χ1) is 10.7. The Kier molecular flexibility index (Phi) is 5.37. The Balaban J connectivity index is 1.98. The van der Waals surface area contributed by atoms with Gasteiger partial charge in [0.15, 0.2) is 0 Å². The molecular formula is C18H20IO2P. The summed E-state index contributed by atoms with van der Waals surface area (Å²) in [7, 11) is -3.03. The van der Waals surface area contributed by atoms with Gasteiger partial charge in [0.2, 0.25) is 0 Å². The average Bonchev–Trinajstić information content (AvgIpc) is 2.58. The molecule has 0 amide bonds. The predicted octanol–water partition coefficient (Wildman–Crippen LogP) is 4.68. The first kappa shape index (κ1) is 16.2. The van der Waals surface area contributed by atoms with Crippen LogP contribution >= 0.6 is 30.0 Å². The molecule has 2 atom stereocenters. The number of alkyl halides is 1. The molecule has 1 saturated carbocycles. The van der Waals surface area contributed by atoms with Crippen molar-refractivity contribution in [3.05, 3.63) is 60.7 Å². The highest BCUT2D eigenvalue weighted by Crippen LogP contribution is 2.48. The van der Waals surface area contributed by atoms with Crippen LogP contribution in [-0.4, -0.2) is 10.0 Å². The van der Waals surface area contributed by atoms with E-state index in [-0.39, 0.29) is 6.10 Å². The smallest absolute Gasteiger partial charge is 0.261 e. The molecule has 0 aliphatic heterocycles. The van der Waals surface area contributed by atoms with Crippen LogP contribution in [0.1, 0.15) is 25.7 Å². The lowest BCUT2D eigenvalue weighted by molar-refractivity contribution is 0.176. The Morgan fingerprint density at radius 2 is 1.36 bits per heavy atom. The van der Waals surface area contributed by atoms with Crippen LogP contribution in [0, 0.1) is 0 Å². The van der Waals surface area contributed by atoms with Crippen LogP contribution in [0.5, 0.6) is 0 Å². The highest BCUT2D eigenvalue weighted by molar-refractivity contribution is 14.1. The van der Waals surface area contributed by atoms with Crippen molar-refractivity contribution in [2.45, 2.75) is 35.7 Å². The zero-order chi connectivity index (χ0) is 15.4. The molecule has 0 bridgehead atoms. The van der Waals surface area contributed by atoms with Crippen molar-refractivity contribution >= 4 is 40.6 Å². The Morgan fingerprint density at radius 1 is 0.864 bits per heavy atom. The number of benzene rings is 2. The molecule has 0 radical (unpaired) electrons. The minimum absolute atomic E-state index is 0.0700. The molecule has 0 spiro atoms. The van der Waals surface area contributed by atoms with Crippen molar-refractivity contribution in [2.24, 2.45) is 0 Å². The quantitative estimate of drug-likeness (QED) is 0.403. The SMILES string of the molecule is O=P(O[C@@H]1CCCC[C@H]1I)(c1ccccc1)c1ccccc1. The molecule has 0 saturated heterocycles. The van der Waals surface area contributed by atoms with E-state index in [4.69, 9.17) is 4.52 Å². The topological polar surface area (TPSA) is 26.3 Å². The van der Waals surface area contributed by atoms with E-state index in [0.29, 0.717) is 3.92 Å². The van der Waals surface area contributed by atoms with Crippen molar-refractivity contribution in [1.29, 1.82) is 0 Å². The highest BCUT2D eigenvalue weighted by Gasteiger charge is 2.35. The number of rotatable bonds is 4. The van der Waals surface area contributed by atoms with Gasteiger partial charge >= 0.3 is 0 Å². The van der Waals surface area contributed by atoms with Gasteiger partial charge in [-0.25, -0.2) is 0 Å². The third-order valence-electron chi connectivity index (χ3n) is 4.10. The molecule has 0 aromatic heterocycles. The van der Waals surface area contributed by atoms with Crippen molar-refractivity contribution in [2.75, 3.05) is 0 Å². The maximum atomic E-state index is 13.8. The van der Waals surface area contributed by atoms with Crippen LogP contribution in [0.2, 0.25) is 0 Å². The normalized spacial score (nSPS) is 22.4. The van der Waals surface area contributed by atoms with Crippen LogP contribution < -0.4 is 10.6 Å². The summed E-state index contributed by atoms with van der Waals surface area (Å²) in [5.41, 5.74) is 0. The molecule has 0 heterocycles. The van der Waals surface area contributed by atoms with Gasteiger partial charge in [-0.1, -0.05) is 71.8 Å². The van der Waals surface area contributed by atoms with Gasteiger partial charge in [-0.05, 0) is 37.1 Å². The lowest BCUT2D eigenvalue weighted by Gasteiger charge is -2.31. The molecule has 22 heavy (non-hydrogen) atoms. The molecule has 4 heteroatoms. The van der Waals surface area contributed by atoms with Crippen LogP contribution in [0.4, 0.5) is 0 Å². The molecular weight excluding hydrogens is 406 g/mol. The summed E-state index contributed by atoms with van der Waals surface area (Å²) in [5, 5.41) is 1.57. The molecule has 0 unspecified atom stereocenters. The van der Waals surface area contributed by atoms with E-state index in [9.17, 15) is 4.57 Å². The summed E-state index contributed by atoms with van der Waals surface area (Å²) < 4.78 is 20.6. The zero-order valence-electron chi connectivity index (χ0n) is 12.4. The van der Waals surface area contributed by atoms with Crippen molar-refractivity contribution in [3.63, 3.8) is 0 Å². The second-order valence-electron chi connectivity index (χ2n) is 5.67. The maximum Gasteiger partial charge on any atom is 0.261 e. The Bertz CT molecular complexity index is 601. The standard InChI is InChI=1S/C18H20IO2P/c19-17-13-7-8-14-18(17)21-22(20,15-9-3-1-4-10-15)16-11-5-2-6-12-16/h1-6,9-12,17-18H,7-8,13-14H2/t17-,18-/m1/s1. The second kappa shape index (κ2) is 7.29. The molecule has 0 N–H and O–H groups in total. The van der Waals surface area contributed by atoms with Gasteiger partial charge in [0.25, 0.3) is 7.37 Å². The number of hydrogen-bond donors (Lipinski definition) is 0. The van der Waals surface area contributed by atoms with E-state index >= 15 is 0 Å². The summed E-state index contributed by atoms with van der Waals surface area (Å²) in [5.74, 6) is 0. The first-order valence-corrected chi connectivity index (χ1v) is 10.6. The summed E-state index contributed by atoms with van der Waals surface area (Å²) in [6, 6.07) is 19.3. The van der Waals surface area contributed by atoms with Crippen LogP contribution in [0.15, 0.2) is 60.7 Å². The second-order valence-corrected chi connectivity index (χ2v) is 9.61. The van der Waals surface area contributed by atoms with E-state index < -0.39 is 7.37 Å². The molecule has 2 aromatic carbocycles. The molecule has 1 fully saturated rings. The summed E-state index contributed by atoms with van der Waals surface area (Å²) in [4.78, 5) is 0. The van der Waals surface area contributed by atoms with Gasteiger partial charge in [0, 0.05) is 14.5 Å². The van der Waals surface area contributed by atoms with E-state index in [2.05, 4.69) is 22.6 Å². The number of halogens is 1.